The van der Waals surface area contributed by atoms with Crippen molar-refractivity contribution in [3.05, 3.63) is 21.3 Å². The second kappa shape index (κ2) is 3.17. The lowest BCUT2D eigenvalue weighted by Crippen LogP contribution is -1.68. The molecule has 0 aromatic carbocycles. The first kappa shape index (κ1) is 7.02. The highest BCUT2D eigenvalue weighted by atomic mass is 79.9. The van der Waals surface area contributed by atoms with E-state index in [4.69, 9.17) is 0 Å². The van der Waals surface area contributed by atoms with Crippen molar-refractivity contribution in [3.8, 4) is 0 Å². The SMILES string of the molecule is BrC(Br)=Cc1ccn[nH]1. The van der Waals surface area contributed by atoms with Crippen LogP contribution in [0.3, 0.4) is 0 Å². The van der Waals surface area contributed by atoms with Crippen LogP contribution in [0.25, 0.3) is 6.08 Å². The molecule has 1 N–H and O–H groups in total. The molecular weight excluding hydrogens is 248 g/mol. The van der Waals surface area contributed by atoms with Crippen molar-refractivity contribution in [2.24, 2.45) is 0 Å². The Bertz CT molecular complexity index is 199. The smallest absolute Gasteiger partial charge is 0.0625 e. The summed E-state index contributed by atoms with van der Waals surface area (Å²) in [5.74, 6) is 0. The van der Waals surface area contributed by atoms with Crippen molar-refractivity contribution in [1.82, 2.24) is 10.2 Å². The predicted octanol–water partition coefficient (Wildman–Crippen LogP) is 2.50. The van der Waals surface area contributed by atoms with Crippen molar-refractivity contribution in [2.45, 2.75) is 0 Å². The quantitative estimate of drug-likeness (QED) is 0.817. The highest BCUT2D eigenvalue weighted by Gasteiger charge is 1.86. The number of halogens is 2. The Kier molecular flexibility index (Phi) is 2.48. The van der Waals surface area contributed by atoms with E-state index in [0.29, 0.717) is 0 Å². The molecule has 0 aliphatic heterocycles. The van der Waals surface area contributed by atoms with Gasteiger partial charge in [0.2, 0.25) is 0 Å². The molecule has 0 saturated carbocycles. The second-order valence-electron chi connectivity index (χ2n) is 1.45. The topological polar surface area (TPSA) is 28.7 Å². The molecule has 1 aromatic rings. The van der Waals surface area contributed by atoms with Gasteiger partial charge in [0.25, 0.3) is 0 Å². The maximum atomic E-state index is 3.76. The van der Waals surface area contributed by atoms with Gasteiger partial charge >= 0.3 is 0 Å². The first-order valence-electron chi connectivity index (χ1n) is 2.31. The fourth-order valence-corrected chi connectivity index (χ4v) is 0.958. The Labute approximate surface area is 69.6 Å². The summed E-state index contributed by atoms with van der Waals surface area (Å²) in [5.41, 5.74) is 0.971. The van der Waals surface area contributed by atoms with Crippen LogP contribution in [0.4, 0.5) is 0 Å². The monoisotopic (exact) mass is 250 g/mol. The van der Waals surface area contributed by atoms with Gasteiger partial charge in [-0.1, -0.05) is 0 Å². The first-order chi connectivity index (χ1) is 4.29. The Balaban J connectivity index is 2.80. The normalized spacial score (nSPS) is 9.11. The number of rotatable bonds is 1. The van der Waals surface area contributed by atoms with Crippen LogP contribution in [-0.4, -0.2) is 10.2 Å². The summed E-state index contributed by atoms with van der Waals surface area (Å²) in [4.78, 5) is 0. The van der Waals surface area contributed by atoms with Gasteiger partial charge in [0.05, 0.1) is 9.09 Å². The number of aromatic amines is 1. The molecule has 0 spiro atoms. The average Bonchev–Trinajstić information content (AvgIpc) is 2.15. The number of aromatic nitrogens is 2. The van der Waals surface area contributed by atoms with Crippen molar-refractivity contribution < 1.29 is 0 Å². The molecule has 9 heavy (non-hydrogen) atoms. The van der Waals surface area contributed by atoms with Crippen molar-refractivity contribution in [1.29, 1.82) is 0 Å². The van der Waals surface area contributed by atoms with Gasteiger partial charge in [-0.15, -0.1) is 0 Å². The Morgan fingerprint density at radius 3 is 2.89 bits per heavy atom. The van der Waals surface area contributed by atoms with E-state index >= 15 is 0 Å². The molecule has 0 fully saturated rings. The van der Waals surface area contributed by atoms with Gasteiger partial charge in [0.15, 0.2) is 0 Å². The van der Waals surface area contributed by atoms with Crippen LogP contribution in [-0.2, 0) is 0 Å². The number of hydrogen-bond donors (Lipinski definition) is 1. The fourth-order valence-electron chi connectivity index (χ4n) is 0.465. The highest BCUT2D eigenvalue weighted by molar-refractivity contribution is 9.28. The molecule has 0 aliphatic carbocycles. The van der Waals surface area contributed by atoms with Crippen LogP contribution in [0.2, 0.25) is 0 Å². The largest absolute Gasteiger partial charge is 0.278 e. The van der Waals surface area contributed by atoms with E-state index in [1.54, 1.807) is 6.20 Å². The molecule has 0 bridgehead atoms. The molecule has 2 nitrogen and oxygen atoms in total. The average molecular weight is 252 g/mol. The first-order valence-corrected chi connectivity index (χ1v) is 3.90. The minimum absolute atomic E-state index is 0.902. The molecular formula is C5H4Br2N2. The molecule has 1 rings (SSSR count). The summed E-state index contributed by atoms with van der Waals surface area (Å²) in [5, 5.41) is 6.55. The van der Waals surface area contributed by atoms with Gasteiger partial charge in [-0.05, 0) is 44.0 Å². The third-order valence-electron chi connectivity index (χ3n) is 0.787. The summed E-state index contributed by atoms with van der Waals surface area (Å²) >= 11 is 6.45. The lowest BCUT2D eigenvalue weighted by molar-refractivity contribution is 1.08. The third kappa shape index (κ3) is 2.32. The third-order valence-corrected chi connectivity index (χ3v) is 1.24. The molecule has 48 valence electrons. The number of nitrogens with zero attached hydrogens (tertiary/aromatic N) is 1. The standard InChI is InChI=1S/C5H4Br2N2/c6-5(7)3-4-1-2-8-9-4/h1-3H,(H,8,9). The molecule has 1 aromatic heterocycles. The molecule has 0 saturated heterocycles. The van der Waals surface area contributed by atoms with E-state index in [0.717, 1.165) is 9.09 Å². The number of nitrogens with one attached hydrogen (secondary N) is 1. The summed E-state index contributed by atoms with van der Waals surface area (Å²) in [6, 6.07) is 1.88. The lowest BCUT2D eigenvalue weighted by Gasteiger charge is -1.81. The van der Waals surface area contributed by atoms with Crippen molar-refractivity contribution in [2.75, 3.05) is 0 Å². The van der Waals surface area contributed by atoms with E-state index in [9.17, 15) is 0 Å². The number of hydrogen-bond acceptors (Lipinski definition) is 1. The lowest BCUT2D eigenvalue weighted by atomic mass is 10.4. The minimum atomic E-state index is 0.902. The van der Waals surface area contributed by atoms with Crippen molar-refractivity contribution in [3.63, 3.8) is 0 Å². The zero-order chi connectivity index (χ0) is 6.69. The molecule has 0 amide bonds. The minimum Gasteiger partial charge on any atom is -0.278 e. The van der Waals surface area contributed by atoms with Crippen LogP contribution in [0, 0.1) is 0 Å². The maximum Gasteiger partial charge on any atom is 0.0625 e. The zero-order valence-electron chi connectivity index (χ0n) is 4.44. The summed E-state index contributed by atoms with van der Waals surface area (Å²) < 4.78 is 0.902. The van der Waals surface area contributed by atoms with Crippen LogP contribution in [0.5, 0.6) is 0 Å². The second-order valence-corrected chi connectivity index (χ2v) is 4.22. The highest BCUT2D eigenvalue weighted by Crippen LogP contribution is 2.15. The van der Waals surface area contributed by atoms with Gasteiger partial charge in [-0.25, -0.2) is 0 Å². The zero-order valence-corrected chi connectivity index (χ0v) is 7.61. The Morgan fingerprint density at radius 1 is 1.67 bits per heavy atom. The molecule has 0 aliphatic rings. The molecule has 0 unspecified atom stereocenters. The number of H-pyrrole nitrogens is 1. The van der Waals surface area contributed by atoms with Gasteiger partial charge in [-0.2, -0.15) is 5.10 Å². The van der Waals surface area contributed by atoms with E-state index in [1.807, 2.05) is 12.1 Å². The summed E-state index contributed by atoms with van der Waals surface area (Å²) in [6.45, 7) is 0. The molecule has 4 heteroatoms. The summed E-state index contributed by atoms with van der Waals surface area (Å²) in [7, 11) is 0. The molecule has 0 atom stereocenters. The Morgan fingerprint density at radius 2 is 2.44 bits per heavy atom. The maximum absolute atomic E-state index is 3.76. The Hall–Kier alpha value is -0.0900. The van der Waals surface area contributed by atoms with E-state index in [2.05, 4.69) is 42.1 Å². The fraction of sp³-hybridized carbons (Fsp3) is 0. The van der Waals surface area contributed by atoms with Gasteiger partial charge in [0, 0.05) is 6.20 Å². The van der Waals surface area contributed by atoms with Crippen LogP contribution >= 0.6 is 31.9 Å². The van der Waals surface area contributed by atoms with Gasteiger partial charge in [0.1, 0.15) is 0 Å². The van der Waals surface area contributed by atoms with Crippen LogP contribution < -0.4 is 0 Å². The van der Waals surface area contributed by atoms with E-state index in [1.165, 1.54) is 0 Å². The van der Waals surface area contributed by atoms with Crippen LogP contribution in [0.15, 0.2) is 15.7 Å². The van der Waals surface area contributed by atoms with Gasteiger partial charge < -0.3 is 0 Å². The van der Waals surface area contributed by atoms with Crippen LogP contribution in [0.1, 0.15) is 5.69 Å². The predicted molar refractivity (Wildman–Crippen MR) is 44.4 cm³/mol. The van der Waals surface area contributed by atoms with Gasteiger partial charge in [-0.3, -0.25) is 5.10 Å². The molecule has 1 heterocycles. The summed E-state index contributed by atoms with van der Waals surface area (Å²) in [6.07, 6.45) is 3.59. The van der Waals surface area contributed by atoms with E-state index in [-0.39, 0.29) is 0 Å². The van der Waals surface area contributed by atoms with Crippen molar-refractivity contribution >= 4 is 37.9 Å². The van der Waals surface area contributed by atoms with E-state index < -0.39 is 0 Å². The molecule has 0 radical (unpaired) electrons.